The highest BCUT2D eigenvalue weighted by molar-refractivity contribution is 6.01. The highest BCUT2D eigenvalue weighted by Crippen LogP contribution is 2.36. The lowest BCUT2D eigenvalue weighted by molar-refractivity contribution is -0.138. The summed E-state index contributed by atoms with van der Waals surface area (Å²) in [7, 11) is 3.28. The number of ether oxygens (including phenoxy) is 3. The molecule has 1 aliphatic heterocycles. The standard InChI is InChI=1S/C30H31N3O5/c1-4-6-24-23-17-27(37-3)26(36-2)16-22(23)20(18-31-24)15-21-10-9-19-7-5-8-25(30(19)32-21)38-14-13-33-28(34)11-12-29(33)35/h5,7-10,16-18H,4,6,11-15H2,1-3H3. The minimum absolute atomic E-state index is 0.142. The zero-order valence-corrected chi connectivity index (χ0v) is 22.0. The third kappa shape index (κ3) is 4.98. The zero-order valence-electron chi connectivity index (χ0n) is 22.0. The summed E-state index contributed by atoms with van der Waals surface area (Å²) in [4.78, 5) is 34.8. The Kier molecular flexibility index (Phi) is 7.40. The van der Waals surface area contributed by atoms with Crippen LogP contribution in [0.15, 0.2) is 48.7 Å². The minimum atomic E-state index is -0.142. The van der Waals surface area contributed by atoms with E-state index in [9.17, 15) is 9.59 Å². The van der Waals surface area contributed by atoms with E-state index in [-0.39, 0.29) is 37.8 Å². The fourth-order valence-electron chi connectivity index (χ4n) is 4.94. The van der Waals surface area contributed by atoms with Crippen molar-refractivity contribution in [3.63, 3.8) is 0 Å². The van der Waals surface area contributed by atoms with Crippen molar-refractivity contribution in [1.29, 1.82) is 0 Å². The third-order valence-electron chi connectivity index (χ3n) is 6.88. The number of para-hydroxylation sites is 1. The van der Waals surface area contributed by atoms with Crippen LogP contribution in [0.2, 0.25) is 0 Å². The number of nitrogens with zero attached hydrogens (tertiary/aromatic N) is 3. The maximum atomic E-state index is 11.9. The molecule has 1 aliphatic rings. The van der Waals surface area contributed by atoms with Crippen LogP contribution in [0, 0.1) is 0 Å². The normalized spacial score (nSPS) is 13.5. The molecule has 4 aromatic rings. The molecule has 0 atom stereocenters. The number of likely N-dealkylation sites (tertiary alicyclic amines) is 1. The van der Waals surface area contributed by atoms with Gasteiger partial charge in [0.25, 0.3) is 0 Å². The van der Waals surface area contributed by atoms with Crippen molar-refractivity contribution in [3.8, 4) is 17.2 Å². The molecular formula is C30H31N3O5. The van der Waals surface area contributed by atoms with E-state index in [1.807, 2.05) is 48.7 Å². The molecule has 0 saturated carbocycles. The van der Waals surface area contributed by atoms with Crippen molar-refractivity contribution >= 4 is 33.5 Å². The molecule has 8 nitrogen and oxygen atoms in total. The van der Waals surface area contributed by atoms with Gasteiger partial charge in [0, 0.05) is 47.6 Å². The van der Waals surface area contributed by atoms with Gasteiger partial charge in [-0.25, -0.2) is 4.98 Å². The van der Waals surface area contributed by atoms with Crippen LogP contribution >= 0.6 is 0 Å². The molecule has 0 N–H and O–H groups in total. The SMILES string of the molecule is CCCc1ncc(Cc2ccc3cccc(OCCN4C(=O)CCC4=O)c3n2)c2cc(OC)c(OC)cc12. The highest BCUT2D eigenvalue weighted by Gasteiger charge is 2.28. The Balaban J connectivity index is 1.45. The summed E-state index contributed by atoms with van der Waals surface area (Å²) in [6, 6.07) is 13.8. The van der Waals surface area contributed by atoms with Crippen LogP contribution in [0.3, 0.4) is 0 Å². The second-order valence-electron chi connectivity index (χ2n) is 9.33. The van der Waals surface area contributed by atoms with Gasteiger partial charge < -0.3 is 14.2 Å². The molecule has 0 aliphatic carbocycles. The van der Waals surface area contributed by atoms with E-state index in [4.69, 9.17) is 24.2 Å². The number of carbonyl (C=O) groups is 2. The Morgan fingerprint density at radius 1 is 0.921 bits per heavy atom. The van der Waals surface area contributed by atoms with Crippen molar-refractivity contribution < 1.29 is 23.8 Å². The molecule has 2 amide bonds. The summed E-state index contributed by atoms with van der Waals surface area (Å²) in [6.45, 7) is 2.60. The smallest absolute Gasteiger partial charge is 0.229 e. The fraction of sp³-hybridized carbons (Fsp3) is 0.333. The van der Waals surface area contributed by atoms with Gasteiger partial charge in [-0.3, -0.25) is 19.5 Å². The third-order valence-corrected chi connectivity index (χ3v) is 6.88. The molecule has 0 bridgehead atoms. The van der Waals surface area contributed by atoms with Gasteiger partial charge in [0.15, 0.2) is 11.5 Å². The number of methoxy groups -OCH3 is 2. The second-order valence-corrected chi connectivity index (χ2v) is 9.33. The molecule has 2 aromatic carbocycles. The Hall–Kier alpha value is -4.20. The number of amides is 2. The number of pyridine rings is 2. The van der Waals surface area contributed by atoms with Crippen LogP contribution in [0.4, 0.5) is 0 Å². The van der Waals surface area contributed by atoms with Crippen LogP contribution in [0.5, 0.6) is 17.2 Å². The Labute approximate surface area is 221 Å². The predicted octanol–water partition coefficient (Wildman–Crippen LogP) is 4.87. The molecule has 0 unspecified atom stereocenters. The number of hydrogen-bond acceptors (Lipinski definition) is 7. The van der Waals surface area contributed by atoms with Crippen LogP contribution < -0.4 is 14.2 Å². The van der Waals surface area contributed by atoms with E-state index in [0.29, 0.717) is 23.7 Å². The summed E-state index contributed by atoms with van der Waals surface area (Å²) in [5.41, 5.74) is 3.68. The summed E-state index contributed by atoms with van der Waals surface area (Å²) < 4.78 is 17.1. The quantitative estimate of drug-likeness (QED) is 0.279. The molecule has 5 rings (SSSR count). The van der Waals surface area contributed by atoms with E-state index >= 15 is 0 Å². The van der Waals surface area contributed by atoms with Gasteiger partial charge in [-0.15, -0.1) is 0 Å². The summed E-state index contributed by atoms with van der Waals surface area (Å²) in [5, 5.41) is 3.07. The van der Waals surface area contributed by atoms with Crippen LogP contribution in [0.25, 0.3) is 21.7 Å². The topological polar surface area (TPSA) is 90.9 Å². The minimum Gasteiger partial charge on any atom is -0.493 e. The summed E-state index contributed by atoms with van der Waals surface area (Å²) in [5.74, 6) is 1.69. The van der Waals surface area contributed by atoms with Gasteiger partial charge >= 0.3 is 0 Å². The number of aromatic nitrogens is 2. The molecular weight excluding hydrogens is 482 g/mol. The van der Waals surface area contributed by atoms with E-state index in [0.717, 1.165) is 51.5 Å². The Bertz CT molecular complexity index is 1500. The number of fused-ring (bicyclic) bond motifs is 2. The number of imide groups is 1. The average Bonchev–Trinajstić information content (AvgIpc) is 3.26. The maximum absolute atomic E-state index is 11.9. The molecule has 196 valence electrons. The van der Waals surface area contributed by atoms with Gasteiger partial charge in [-0.2, -0.15) is 0 Å². The first kappa shape index (κ1) is 25.4. The monoisotopic (exact) mass is 513 g/mol. The summed E-state index contributed by atoms with van der Waals surface area (Å²) >= 11 is 0. The first-order chi connectivity index (χ1) is 18.5. The predicted molar refractivity (Wildman–Crippen MR) is 145 cm³/mol. The molecule has 0 radical (unpaired) electrons. The highest BCUT2D eigenvalue weighted by atomic mass is 16.5. The van der Waals surface area contributed by atoms with Gasteiger partial charge in [-0.1, -0.05) is 31.5 Å². The molecule has 3 heterocycles. The van der Waals surface area contributed by atoms with E-state index in [1.54, 1.807) is 14.2 Å². The van der Waals surface area contributed by atoms with Crippen LogP contribution in [-0.2, 0) is 22.4 Å². The summed E-state index contributed by atoms with van der Waals surface area (Å²) in [6.07, 6.45) is 4.92. The van der Waals surface area contributed by atoms with Gasteiger partial charge in [-0.05, 0) is 41.6 Å². The number of benzene rings is 2. The fourth-order valence-corrected chi connectivity index (χ4v) is 4.94. The van der Waals surface area contributed by atoms with Gasteiger partial charge in [0.05, 0.1) is 20.8 Å². The van der Waals surface area contributed by atoms with Crippen molar-refractivity contribution in [2.75, 3.05) is 27.4 Å². The van der Waals surface area contributed by atoms with Crippen LogP contribution in [0.1, 0.15) is 43.1 Å². The first-order valence-electron chi connectivity index (χ1n) is 12.9. The van der Waals surface area contributed by atoms with Crippen molar-refractivity contribution in [1.82, 2.24) is 14.9 Å². The lowest BCUT2D eigenvalue weighted by Crippen LogP contribution is -2.33. The van der Waals surface area contributed by atoms with E-state index in [2.05, 4.69) is 6.92 Å². The van der Waals surface area contributed by atoms with Gasteiger partial charge in [0.2, 0.25) is 11.8 Å². The maximum Gasteiger partial charge on any atom is 0.229 e. The number of hydrogen-bond donors (Lipinski definition) is 0. The van der Waals surface area contributed by atoms with Crippen molar-refractivity contribution in [2.24, 2.45) is 0 Å². The number of carbonyl (C=O) groups excluding carboxylic acids is 2. The molecule has 8 heteroatoms. The lowest BCUT2D eigenvalue weighted by Gasteiger charge is -2.16. The Morgan fingerprint density at radius 2 is 1.66 bits per heavy atom. The van der Waals surface area contributed by atoms with Gasteiger partial charge in [0.1, 0.15) is 17.9 Å². The van der Waals surface area contributed by atoms with Crippen LogP contribution in [-0.4, -0.2) is 54.1 Å². The largest absolute Gasteiger partial charge is 0.493 e. The average molecular weight is 514 g/mol. The molecule has 1 saturated heterocycles. The lowest BCUT2D eigenvalue weighted by atomic mass is 9.99. The zero-order chi connectivity index (χ0) is 26.6. The molecule has 0 spiro atoms. The van der Waals surface area contributed by atoms with E-state index in [1.165, 1.54) is 4.90 Å². The van der Waals surface area contributed by atoms with Crippen molar-refractivity contribution in [3.05, 3.63) is 65.6 Å². The molecule has 2 aromatic heterocycles. The number of rotatable bonds is 10. The first-order valence-corrected chi connectivity index (χ1v) is 12.9. The Morgan fingerprint density at radius 3 is 2.37 bits per heavy atom. The second kappa shape index (κ2) is 11.0. The molecule has 1 fully saturated rings. The van der Waals surface area contributed by atoms with E-state index < -0.39 is 0 Å². The molecule has 38 heavy (non-hydrogen) atoms. The van der Waals surface area contributed by atoms with Crippen molar-refractivity contribution in [2.45, 2.75) is 39.0 Å². The number of aryl methyl sites for hydroxylation is 1.